The number of nitrogens with zero attached hydrogens (tertiary/aromatic N) is 3. The van der Waals surface area contributed by atoms with E-state index >= 15 is 0 Å². The van der Waals surface area contributed by atoms with Crippen LogP contribution in [-0.4, -0.2) is 27.5 Å². The second-order valence-corrected chi connectivity index (χ2v) is 9.40. The Bertz CT molecular complexity index is 1030. The molecule has 1 aliphatic rings. The van der Waals surface area contributed by atoms with Gasteiger partial charge in [0.15, 0.2) is 0 Å². The Morgan fingerprint density at radius 3 is 2.57 bits per heavy atom. The third kappa shape index (κ3) is 3.82. The highest BCUT2D eigenvalue weighted by Gasteiger charge is 2.22. The zero-order chi connectivity index (χ0) is 19.7. The van der Waals surface area contributed by atoms with Crippen molar-refractivity contribution >= 4 is 37.5 Å². The van der Waals surface area contributed by atoms with E-state index in [2.05, 4.69) is 46.8 Å². The van der Waals surface area contributed by atoms with E-state index in [9.17, 15) is 4.79 Å². The largest absolute Gasteiger partial charge is 0.297 e. The number of thiophene rings is 1. The van der Waals surface area contributed by atoms with Crippen molar-refractivity contribution < 1.29 is 0 Å². The molecule has 4 nitrogen and oxygen atoms in total. The highest BCUT2D eigenvalue weighted by Crippen LogP contribution is 2.34. The normalized spacial score (nSPS) is 14.0. The Balaban J connectivity index is 1.86. The molecule has 0 N–H and O–H groups in total. The molecule has 3 aromatic rings. The van der Waals surface area contributed by atoms with Crippen molar-refractivity contribution in [1.82, 2.24) is 14.5 Å². The third-order valence-corrected chi connectivity index (χ3v) is 7.38. The van der Waals surface area contributed by atoms with E-state index in [-0.39, 0.29) is 5.56 Å². The number of fused-ring (bicyclic) bond motifs is 3. The van der Waals surface area contributed by atoms with Crippen LogP contribution < -0.4 is 5.56 Å². The first-order valence-electron chi connectivity index (χ1n) is 10.1. The molecule has 0 radical (unpaired) electrons. The molecular formula is C22H26BrN3OS. The number of benzene rings is 1. The molecule has 0 unspecified atom stereocenters. The maximum Gasteiger partial charge on any atom is 0.262 e. The molecule has 0 saturated heterocycles. The summed E-state index contributed by atoms with van der Waals surface area (Å²) in [6.45, 7) is 7.48. The lowest BCUT2D eigenvalue weighted by Gasteiger charge is -2.20. The van der Waals surface area contributed by atoms with Crippen LogP contribution >= 0.6 is 27.3 Å². The van der Waals surface area contributed by atoms with Gasteiger partial charge in [-0.3, -0.25) is 14.3 Å². The van der Waals surface area contributed by atoms with E-state index < -0.39 is 0 Å². The average Bonchev–Trinajstić information content (AvgIpc) is 3.08. The number of aryl methyl sites for hydroxylation is 2. The zero-order valence-electron chi connectivity index (χ0n) is 16.5. The van der Waals surface area contributed by atoms with Gasteiger partial charge in [-0.25, -0.2) is 4.98 Å². The Hall–Kier alpha value is -1.50. The topological polar surface area (TPSA) is 38.1 Å². The molecule has 0 saturated carbocycles. The van der Waals surface area contributed by atoms with Crippen LogP contribution in [-0.2, 0) is 25.9 Å². The van der Waals surface area contributed by atoms with Crippen molar-refractivity contribution in [3.8, 4) is 0 Å². The van der Waals surface area contributed by atoms with E-state index in [1.54, 1.807) is 11.3 Å². The van der Waals surface area contributed by atoms with Crippen molar-refractivity contribution in [2.75, 3.05) is 13.1 Å². The first-order chi connectivity index (χ1) is 13.6. The summed E-state index contributed by atoms with van der Waals surface area (Å²) in [5.41, 5.74) is 2.52. The minimum absolute atomic E-state index is 0.134. The van der Waals surface area contributed by atoms with Gasteiger partial charge in [-0.1, -0.05) is 41.9 Å². The van der Waals surface area contributed by atoms with Crippen LogP contribution in [0.1, 0.15) is 48.5 Å². The van der Waals surface area contributed by atoms with Gasteiger partial charge < -0.3 is 0 Å². The molecule has 6 heteroatoms. The summed E-state index contributed by atoms with van der Waals surface area (Å²) in [5, 5.41) is 0.875. The van der Waals surface area contributed by atoms with Crippen LogP contribution in [0, 0.1) is 0 Å². The molecule has 0 bridgehead atoms. The molecule has 4 rings (SSSR count). The molecule has 0 aliphatic heterocycles. The van der Waals surface area contributed by atoms with Crippen molar-refractivity contribution in [3.05, 3.63) is 60.9 Å². The molecular weight excluding hydrogens is 434 g/mol. The van der Waals surface area contributed by atoms with Gasteiger partial charge in [0.25, 0.3) is 5.56 Å². The lowest BCUT2D eigenvalue weighted by molar-refractivity contribution is 0.282. The SMILES string of the molecule is CCN(CC)Cc1nc2sc3c(c2c(=O)n1Cc1ccc(Br)cc1)CCCC3. The summed E-state index contributed by atoms with van der Waals surface area (Å²) in [6, 6.07) is 8.21. The van der Waals surface area contributed by atoms with Crippen LogP contribution in [0.3, 0.4) is 0 Å². The highest BCUT2D eigenvalue weighted by atomic mass is 79.9. The molecule has 0 amide bonds. The quantitative estimate of drug-likeness (QED) is 0.520. The lowest BCUT2D eigenvalue weighted by Crippen LogP contribution is -2.31. The van der Waals surface area contributed by atoms with Gasteiger partial charge in [-0.15, -0.1) is 11.3 Å². The average molecular weight is 460 g/mol. The molecule has 0 atom stereocenters. The Labute approximate surface area is 178 Å². The monoisotopic (exact) mass is 459 g/mol. The molecule has 1 aliphatic carbocycles. The van der Waals surface area contributed by atoms with Crippen molar-refractivity contribution in [2.24, 2.45) is 0 Å². The van der Waals surface area contributed by atoms with Gasteiger partial charge in [0.1, 0.15) is 10.7 Å². The van der Waals surface area contributed by atoms with Crippen LogP contribution in [0.5, 0.6) is 0 Å². The molecule has 0 spiro atoms. The van der Waals surface area contributed by atoms with Gasteiger partial charge in [-0.05, 0) is 62.0 Å². The van der Waals surface area contributed by atoms with Gasteiger partial charge >= 0.3 is 0 Å². The van der Waals surface area contributed by atoms with Crippen molar-refractivity contribution in [3.63, 3.8) is 0 Å². The van der Waals surface area contributed by atoms with Crippen LogP contribution in [0.2, 0.25) is 0 Å². The Morgan fingerprint density at radius 2 is 1.86 bits per heavy atom. The van der Waals surface area contributed by atoms with Gasteiger partial charge in [-0.2, -0.15) is 0 Å². The van der Waals surface area contributed by atoms with E-state index in [1.807, 2.05) is 16.7 Å². The van der Waals surface area contributed by atoms with Crippen molar-refractivity contribution in [2.45, 2.75) is 52.6 Å². The number of hydrogen-bond acceptors (Lipinski definition) is 4. The minimum atomic E-state index is 0.134. The van der Waals surface area contributed by atoms with Gasteiger partial charge in [0.05, 0.1) is 18.5 Å². The zero-order valence-corrected chi connectivity index (χ0v) is 18.9. The predicted octanol–water partition coefficient (Wildman–Crippen LogP) is 4.99. The Morgan fingerprint density at radius 1 is 1.14 bits per heavy atom. The molecule has 148 valence electrons. The fourth-order valence-corrected chi connectivity index (χ4v) is 5.52. The van der Waals surface area contributed by atoms with Gasteiger partial charge in [0, 0.05) is 9.35 Å². The highest BCUT2D eigenvalue weighted by molar-refractivity contribution is 9.10. The lowest BCUT2D eigenvalue weighted by atomic mass is 9.97. The second-order valence-electron chi connectivity index (χ2n) is 7.40. The maximum atomic E-state index is 13.6. The predicted molar refractivity (Wildman–Crippen MR) is 120 cm³/mol. The summed E-state index contributed by atoms with van der Waals surface area (Å²) >= 11 is 5.23. The number of aromatic nitrogens is 2. The van der Waals surface area contributed by atoms with Crippen LogP contribution in [0.4, 0.5) is 0 Å². The fraction of sp³-hybridized carbons (Fsp3) is 0.455. The number of rotatable bonds is 6. The van der Waals surface area contributed by atoms with Crippen LogP contribution in [0.15, 0.2) is 33.5 Å². The maximum absolute atomic E-state index is 13.6. The molecule has 28 heavy (non-hydrogen) atoms. The van der Waals surface area contributed by atoms with E-state index in [0.29, 0.717) is 13.1 Å². The first-order valence-corrected chi connectivity index (χ1v) is 11.7. The third-order valence-electron chi connectivity index (χ3n) is 5.67. The van der Waals surface area contributed by atoms with E-state index in [4.69, 9.17) is 4.98 Å². The summed E-state index contributed by atoms with van der Waals surface area (Å²) < 4.78 is 2.96. The molecule has 1 aromatic carbocycles. The van der Waals surface area contributed by atoms with E-state index in [0.717, 1.165) is 52.0 Å². The number of hydrogen-bond donors (Lipinski definition) is 0. The molecule has 0 fully saturated rings. The molecule has 2 heterocycles. The summed E-state index contributed by atoms with van der Waals surface area (Å²) in [7, 11) is 0. The summed E-state index contributed by atoms with van der Waals surface area (Å²) in [5.74, 6) is 0.878. The van der Waals surface area contributed by atoms with Gasteiger partial charge in [0.2, 0.25) is 0 Å². The van der Waals surface area contributed by atoms with Crippen LogP contribution in [0.25, 0.3) is 10.2 Å². The smallest absolute Gasteiger partial charge is 0.262 e. The summed E-state index contributed by atoms with van der Waals surface area (Å²) in [6.07, 6.45) is 4.50. The minimum Gasteiger partial charge on any atom is -0.297 e. The first kappa shape index (κ1) is 19.8. The molecule has 2 aromatic heterocycles. The fourth-order valence-electron chi connectivity index (χ4n) is 3.98. The Kier molecular flexibility index (Phi) is 5.99. The van der Waals surface area contributed by atoms with Crippen molar-refractivity contribution in [1.29, 1.82) is 0 Å². The second kappa shape index (κ2) is 8.47. The number of halogens is 1. The standard InChI is InChI=1S/C22H26BrN3OS/c1-3-25(4-2)14-19-24-21-20(17-7-5-6-8-18(17)28-21)22(27)26(19)13-15-9-11-16(23)12-10-15/h9-12H,3-8,13-14H2,1-2H3. The van der Waals surface area contributed by atoms with E-state index in [1.165, 1.54) is 23.3 Å². The summed E-state index contributed by atoms with van der Waals surface area (Å²) in [4.78, 5) is 23.3.